The van der Waals surface area contributed by atoms with E-state index in [1.165, 1.54) is 0 Å². The van der Waals surface area contributed by atoms with Gasteiger partial charge in [-0.2, -0.15) is 4.80 Å². The Morgan fingerprint density at radius 3 is 2.46 bits per heavy atom. The number of imidazole rings is 1. The quantitative estimate of drug-likeness (QED) is 0.183. The zero-order chi connectivity index (χ0) is 19.8. The van der Waals surface area contributed by atoms with E-state index in [9.17, 15) is 0 Å². The van der Waals surface area contributed by atoms with Gasteiger partial charge in [0.15, 0.2) is 0 Å². The number of rotatable bonds is 5. The molecular formula is C17H11Br4ClN6. The van der Waals surface area contributed by atoms with Crippen molar-refractivity contribution in [1.29, 1.82) is 0 Å². The molecule has 11 heteroatoms. The normalized spacial score (nSPS) is 11.5. The fourth-order valence-electron chi connectivity index (χ4n) is 2.81. The number of nitrogens with zero attached hydrogens (tertiary/aromatic N) is 6. The standard InChI is InChI=1S/C17H11Br4ClN6/c18-11-12(19)14(21)16-15(13(11)20)23-8-27(16)6-3-7-28-25-17(24-26-28)9-4-1-2-5-10(9)22/h1-2,4-5,8H,3,6-7H2. The van der Waals surface area contributed by atoms with Gasteiger partial charge in [-0.05, 0) is 87.5 Å². The maximum Gasteiger partial charge on any atom is 0.206 e. The van der Waals surface area contributed by atoms with E-state index in [2.05, 4.69) is 88.7 Å². The van der Waals surface area contributed by atoms with E-state index in [4.69, 9.17) is 11.6 Å². The molecule has 0 bridgehead atoms. The van der Waals surface area contributed by atoms with Crippen LogP contribution in [0.2, 0.25) is 5.02 Å². The topological polar surface area (TPSA) is 61.4 Å². The maximum atomic E-state index is 6.20. The second-order valence-electron chi connectivity index (χ2n) is 5.93. The van der Waals surface area contributed by atoms with Gasteiger partial charge >= 0.3 is 0 Å². The Morgan fingerprint density at radius 1 is 0.929 bits per heavy atom. The van der Waals surface area contributed by atoms with E-state index in [0.717, 1.165) is 47.5 Å². The maximum absolute atomic E-state index is 6.20. The van der Waals surface area contributed by atoms with Crippen molar-refractivity contribution in [3.8, 4) is 11.4 Å². The summed E-state index contributed by atoms with van der Waals surface area (Å²) in [7, 11) is 0. The Morgan fingerprint density at radius 2 is 1.68 bits per heavy atom. The van der Waals surface area contributed by atoms with Gasteiger partial charge in [-0.1, -0.05) is 23.7 Å². The minimum atomic E-state index is 0.527. The van der Waals surface area contributed by atoms with E-state index < -0.39 is 0 Å². The highest BCUT2D eigenvalue weighted by molar-refractivity contribution is 9.15. The molecule has 0 radical (unpaired) electrons. The third-order valence-corrected chi connectivity index (χ3v) is 9.21. The molecule has 6 nitrogen and oxygen atoms in total. The van der Waals surface area contributed by atoms with Gasteiger partial charge in [-0.25, -0.2) is 4.98 Å². The molecule has 0 spiro atoms. The Labute approximate surface area is 199 Å². The highest BCUT2D eigenvalue weighted by atomic mass is 79.9. The smallest absolute Gasteiger partial charge is 0.206 e. The van der Waals surface area contributed by atoms with Crippen molar-refractivity contribution in [2.75, 3.05) is 0 Å². The number of hydrogen-bond donors (Lipinski definition) is 0. The van der Waals surface area contributed by atoms with Crippen molar-refractivity contribution in [3.05, 3.63) is 53.5 Å². The number of halogens is 5. The van der Waals surface area contributed by atoms with Crippen molar-refractivity contribution in [1.82, 2.24) is 29.8 Å². The van der Waals surface area contributed by atoms with Crippen molar-refractivity contribution in [2.45, 2.75) is 19.5 Å². The molecule has 0 N–H and O–H groups in total. The summed E-state index contributed by atoms with van der Waals surface area (Å²) in [5.41, 5.74) is 2.69. The molecule has 0 aliphatic heterocycles. The Balaban J connectivity index is 1.50. The first kappa shape index (κ1) is 20.5. The van der Waals surface area contributed by atoms with Gasteiger partial charge in [0.1, 0.15) is 5.52 Å². The summed E-state index contributed by atoms with van der Waals surface area (Å²) in [4.78, 5) is 6.12. The molecule has 4 aromatic rings. The van der Waals surface area contributed by atoms with Gasteiger partial charge in [0, 0.05) is 21.1 Å². The summed E-state index contributed by atoms with van der Waals surface area (Å²) in [6, 6.07) is 7.47. The predicted molar refractivity (Wildman–Crippen MR) is 123 cm³/mol. The number of aryl methyl sites for hydroxylation is 2. The van der Waals surface area contributed by atoms with E-state index in [1.54, 1.807) is 4.80 Å². The van der Waals surface area contributed by atoms with Crippen molar-refractivity contribution in [2.24, 2.45) is 0 Å². The van der Waals surface area contributed by atoms with Gasteiger partial charge in [0.2, 0.25) is 5.82 Å². The number of hydrogen-bond acceptors (Lipinski definition) is 4. The molecule has 2 aromatic heterocycles. The molecule has 0 unspecified atom stereocenters. The van der Waals surface area contributed by atoms with E-state index in [1.807, 2.05) is 30.6 Å². The molecule has 2 aromatic carbocycles. The molecule has 0 saturated heterocycles. The average molecular weight is 654 g/mol. The van der Waals surface area contributed by atoms with Crippen molar-refractivity contribution < 1.29 is 0 Å². The monoisotopic (exact) mass is 650 g/mol. The van der Waals surface area contributed by atoms with Gasteiger partial charge in [-0.15, -0.1) is 10.2 Å². The minimum absolute atomic E-state index is 0.527. The molecule has 4 rings (SSSR count). The van der Waals surface area contributed by atoms with Crippen LogP contribution in [0.5, 0.6) is 0 Å². The van der Waals surface area contributed by atoms with Crippen molar-refractivity contribution >= 4 is 86.4 Å². The fraction of sp³-hybridized carbons (Fsp3) is 0.176. The molecule has 2 heterocycles. The second kappa shape index (κ2) is 8.51. The van der Waals surface area contributed by atoms with Crippen molar-refractivity contribution in [3.63, 3.8) is 0 Å². The summed E-state index contributed by atoms with van der Waals surface area (Å²) in [5, 5.41) is 13.3. The summed E-state index contributed by atoms with van der Waals surface area (Å²) in [6.45, 7) is 1.40. The first-order chi connectivity index (χ1) is 13.5. The predicted octanol–water partition coefficient (Wildman–Crippen LogP) is 6.48. The average Bonchev–Trinajstić information content (AvgIpc) is 3.32. The summed E-state index contributed by atoms with van der Waals surface area (Å²) in [6.07, 6.45) is 2.66. The van der Waals surface area contributed by atoms with Crippen LogP contribution in [0.15, 0.2) is 48.5 Å². The lowest BCUT2D eigenvalue weighted by Crippen LogP contribution is -2.06. The van der Waals surface area contributed by atoms with Crippen LogP contribution >= 0.6 is 75.3 Å². The Hall–Kier alpha value is -0.810. The molecule has 0 fully saturated rings. The van der Waals surface area contributed by atoms with Crippen LogP contribution in [0.4, 0.5) is 0 Å². The lowest BCUT2D eigenvalue weighted by Gasteiger charge is -2.09. The van der Waals surface area contributed by atoms with Crippen LogP contribution in [-0.4, -0.2) is 29.8 Å². The zero-order valence-electron chi connectivity index (χ0n) is 14.1. The van der Waals surface area contributed by atoms with E-state index in [-0.39, 0.29) is 0 Å². The number of fused-ring (bicyclic) bond motifs is 1. The van der Waals surface area contributed by atoms with Crippen LogP contribution in [0.3, 0.4) is 0 Å². The lowest BCUT2D eigenvalue weighted by molar-refractivity contribution is 0.474. The van der Waals surface area contributed by atoms with E-state index >= 15 is 0 Å². The second-order valence-corrected chi connectivity index (χ2v) is 9.51. The number of benzene rings is 2. The van der Waals surface area contributed by atoms with Crippen LogP contribution < -0.4 is 0 Å². The lowest BCUT2D eigenvalue weighted by atomic mass is 10.2. The molecule has 0 saturated carbocycles. The van der Waals surface area contributed by atoms with Crippen LogP contribution in [-0.2, 0) is 13.1 Å². The first-order valence-corrected chi connectivity index (χ1v) is 11.7. The zero-order valence-corrected chi connectivity index (χ0v) is 21.2. The summed E-state index contributed by atoms with van der Waals surface area (Å²) >= 11 is 20.6. The minimum Gasteiger partial charge on any atom is -0.330 e. The molecule has 28 heavy (non-hydrogen) atoms. The Kier molecular flexibility index (Phi) is 6.22. The molecule has 0 amide bonds. The van der Waals surface area contributed by atoms with Crippen LogP contribution in [0.25, 0.3) is 22.4 Å². The molecular weight excluding hydrogens is 643 g/mol. The SMILES string of the molecule is Clc1ccccc1-c1nnn(CCCn2cnc3c(Br)c(Br)c(Br)c(Br)c32)n1. The first-order valence-electron chi connectivity index (χ1n) is 8.17. The van der Waals surface area contributed by atoms with Gasteiger partial charge in [0.05, 0.1) is 32.4 Å². The molecule has 0 aliphatic rings. The fourth-order valence-corrected chi connectivity index (χ4v) is 5.44. The summed E-state index contributed by atoms with van der Waals surface area (Å²) < 4.78 is 5.84. The highest BCUT2D eigenvalue weighted by Crippen LogP contribution is 2.43. The number of tetrazole rings is 1. The Bertz CT molecular complexity index is 1170. The highest BCUT2D eigenvalue weighted by Gasteiger charge is 2.18. The largest absolute Gasteiger partial charge is 0.330 e. The molecule has 0 atom stereocenters. The third-order valence-electron chi connectivity index (χ3n) is 4.16. The van der Waals surface area contributed by atoms with Gasteiger partial charge in [-0.3, -0.25) is 0 Å². The van der Waals surface area contributed by atoms with Crippen LogP contribution in [0, 0.1) is 0 Å². The van der Waals surface area contributed by atoms with Gasteiger partial charge < -0.3 is 4.57 Å². The molecule has 144 valence electrons. The molecule has 0 aliphatic carbocycles. The third kappa shape index (κ3) is 3.81. The van der Waals surface area contributed by atoms with Gasteiger partial charge in [0.25, 0.3) is 0 Å². The number of aromatic nitrogens is 6. The van der Waals surface area contributed by atoms with E-state index in [0.29, 0.717) is 17.4 Å². The van der Waals surface area contributed by atoms with Crippen LogP contribution in [0.1, 0.15) is 6.42 Å². The summed E-state index contributed by atoms with van der Waals surface area (Å²) in [5.74, 6) is 0.527.